The standard InChI is InChI=1S/C16H14BrClFNO/c1-20-15(11-3-2-4-13(19)14(11)17)12-8-10(18)7-9-5-6-21-16(9)12/h2-4,7-8,15,20H,5-6H2,1H3. The van der Waals surface area contributed by atoms with Crippen LogP contribution >= 0.6 is 27.5 Å². The molecule has 1 N–H and O–H groups in total. The van der Waals surface area contributed by atoms with E-state index in [0.29, 0.717) is 16.1 Å². The van der Waals surface area contributed by atoms with E-state index in [1.807, 2.05) is 25.2 Å². The maximum absolute atomic E-state index is 13.8. The first-order valence-electron chi connectivity index (χ1n) is 6.68. The summed E-state index contributed by atoms with van der Waals surface area (Å²) >= 11 is 9.55. The van der Waals surface area contributed by atoms with Gasteiger partial charge in [0.2, 0.25) is 0 Å². The molecule has 3 rings (SSSR count). The third-order valence-electron chi connectivity index (χ3n) is 3.67. The molecule has 110 valence electrons. The zero-order valence-corrected chi connectivity index (χ0v) is 13.8. The fourth-order valence-electron chi connectivity index (χ4n) is 2.73. The largest absolute Gasteiger partial charge is 0.493 e. The first-order valence-corrected chi connectivity index (χ1v) is 7.85. The molecule has 2 nitrogen and oxygen atoms in total. The fraction of sp³-hybridized carbons (Fsp3) is 0.250. The predicted molar refractivity (Wildman–Crippen MR) is 85.7 cm³/mol. The highest BCUT2D eigenvalue weighted by Gasteiger charge is 2.25. The second kappa shape index (κ2) is 5.95. The number of nitrogens with one attached hydrogen (secondary N) is 1. The Kier molecular flexibility index (Phi) is 4.20. The Labute approximate surface area is 136 Å². The molecule has 0 aliphatic carbocycles. The first-order chi connectivity index (χ1) is 10.1. The van der Waals surface area contributed by atoms with Gasteiger partial charge in [0.15, 0.2) is 0 Å². The molecule has 0 saturated heterocycles. The molecular weight excluding hydrogens is 357 g/mol. The molecular formula is C16H14BrClFNO. The van der Waals surface area contributed by atoms with Crippen molar-refractivity contribution in [2.45, 2.75) is 12.5 Å². The third-order valence-corrected chi connectivity index (χ3v) is 4.72. The summed E-state index contributed by atoms with van der Waals surface area (Å²) < 4.78 is 20.0. The van der Waals surface area contributed by atoms with Crippen molar-refractivity contribution in [3.05, 3.63) is 62.3 Å². The Morgan fingerprint density at radius 2 is 2.14 bits per heavy atom. The maximum Gasteiger partial charge on any atom is 0.137 e. The Bertz CT molecular complexity index is 692. The fourth-order valence-corrected chi connectivity index (χ4v) is 3.48. The van der Waals surface area contributed by atoms with E-state index in [2.05, 4.69) is 21.2 Å². The number of ether oxygens (including phenoxy) is 1. The van der Waals surface area contributed by atoms with Crippen LogP contribution in [0.4, 0.5) is 4.39 Å². The van der Waals surface area contributed by atoms with E-state index < -0.39 is 0 Å². The highest BCUT2D eigenvalue weighted by atomic mass is 79.9. The van der Waals surface area contributed by atoms with E-state index in [0.717, 1.165) is 28.9 Å². The van der Waals surface area contributed by atoms with Crippen molar-refractivity contribution in [1.29, 1.82) is 0 Å². The molecule has 1 unspecified atom stereocenters. The molecule has 0 fully saturated rings. The van der Waals surface area contributed by atoms with E-state index in [9.17, 15) is 4.39 Å². The van der Waals surface area contributed by atoms with Gasteiger partial charge in [-0.25, -0.2) is 4.39 Å². The Morgan fingerprint density at radius 1 is 1.33 bits per heavy atom. The molecule has 0 amide bonds. The van der Waals surface area contributed by atoms with Gasteiger partial charge in [-0.05, 0) is 52.3 Å². The smallest absolute Gasteiger partial charge is 0.137 e. The van der Waals surface area contributed by atoms with Gasteiger partial charge in [-0.2, -0.15) is 0 Å². The van der Waals surface area contributed by atoms with Gasteiger partial charge >= 0.3 is 0 Å². The lowest BCUT2D eigenvalue weighted by Crippen LogP contribution is -2.19. The van der Waals surface area contributed by atoms with Crippen LogP contribution in [0.2, 0.25) is 5.02 Å². The normalized spacial score (nSPS) is 14.7. The number of halogens is 3. The van der Waals surface area contributed by atoms with Crippen molar-refractivity contribution in [2.75, 3.05) is 13.7 Å². The first kappa shape index (κ1) is 14.8. The Hall–Kier alpha value is -1.10. The van der Waals surface area contributed by atoms with Crippen LogP contribution in [0.5, 0.6) is 5.75 Å². The van der Waals surface area contributed by atoms with Crippen molar-refractivity contribution >= 4 is 27.5 Å². The van der Waals surface area contributed by atoms with Crippen LogP contribution in [0.3, 0.4) is 0 Å². The second-order valence-electron chi connectivity index (χ2n) is 4.95. The lowest BCUT2D eigenvalue weighted by Gasteiger charge is -2.21. The molecule has 0 aromatic heterocycles. The minimum Gasteiger partial charge on any atom is -0.493 e. The van der Waals surface area contributed by atoms with Gasteiger partial charge in [0.25, 0.3) is 0 Å². The van der Waals surface area contributed by atoms with E-state index in [4.69, 9.17) is 16.3 Å². The maximum atomic E-state index is 13.8. The summed E-state index contributed by atoms with van der Waals surface area (Å²) in [5.74, 6) is 0.572. The molecule has 2 aromatic rings. The summed E-state index contributed by atoms with van der Waals surface area (Å²) in [6, 6.07) is 8.63. The van der Waals surface area contributed by atoms with Gasteiger partial charge in [0.05, 0.1) is 17.1 Å². The average Bonchev–Trinajstić information content (AvgIpc) is 2.92. The Balaban J connectivity index is 2.15. The van der Waals surface area contributed by atoms with Gasteiger partial charge in [-0.1, -0.05) is 23.7 Å². The summed E-state index contributed by atoms with van der Waals surface area (Å²) in [6.07, 6.45) is 0.851. The molecule has 2 aromatic carbocycles. The molecule has 0 saturated carbocycles. The van der Waals surface area contributed by atoms with Crippen LogP contribution in [0.1, 0.15) is 22.7 Å². The summed E-state index contributed by atoms with van der Waals surface area (Å²) in [4.78, 5) is 0. The van der Waals surface area contributed by atoms with Crippen LogP contribution < -0.4 is 10.1 Å². The number of rotatable bonds is 3. The van der Waals surface area contributed by atoms with Gasteiger partial charge in [0, 0.05) is 17.0 Å². The van der Waals surface area contributed by atoms with Crippen LogP contribution in [0.15, 0.2) is 34.8 Å². The molecule has 0 radical (unpaired) electrons. The van der Waals surface area contributed by atoms with Crippen LogP contribution in [-0.4, -0.2) is 13.7 Å². The molecule has 0 spiro atoms. The second-order valence-corrected chi connectivity index (χ2v) is 6.18. The van der Waals surface area contributed by atoms with Crippen molar-refractivity contribution in [2.24, 2.45) is 0 Å². The number of hydrogen-bond acceptors (Lipinski definition) is 2. The zero-order valence-electron chi connectivity index (χ0n) is 11.4. The summed E-state index contributed by atoms with van der Waals surface area (Å²) in [5, 5.41) is 3.89. The minimum atomic E-state index is -0.285. The zero-order chi connectivity index (χ0) is 15.0. The lowest BCUT2D eigenvalue weighted by atomic mass is 9.96. The van der Waals surface area contributed by atoms with E-state index >= 15 is 0 Å². The van der Waals surface area contributed by atoms with Crippen molar-refractivity contribution < 1.29 is 9.13 Å². The molecule has 5 heteroatoms. The van der Waals surface area contributed by atoms with Gasteiger partial charge in [0.1, 0.15) is 11.6 Å². The van der Waals surface area contributed by atoms with Crippen molar-refractivity contribution in [1.82, 2.24) is 5.32 Å². The number of benzene rings is 2. The third kappa shape index (κ3) is 2.68. The summed E-state index contributed by atoms with van der Waals surface area (Å²) in [5.41, 5.74) is 2.85. The van der Waals surface area contributed by atoms with Gasteiger partial charge in [-0.3, -0.25) is 0 Å². The van der Waals surface area contributed by atoms with Crippen molar-refractivity contribution in [3.8, 4) is 5.75 Å². The molecule has 1 aliphatic rings. The average molecular weight is 371 g/mol. The molecule has 1 atom stereocenters. The summed E-state index contributed by atoms with van der Waals surface area (Å²) in [7, 11) is 1.84. The monoisotopic (exact) mass is 369 g/mol. The van der Waals surface area contributed by atoms with Crippen LogP contribution in [0, 0.1) is 5.82 Å². The van der Waals surface area contributed by atoms with Crippen LogP contribution in [0.25, 0.3) is 0 Å². The predicted octanol–water partition coefficient (Wildman–Crippen LogP) is 4.49. The molecule has 21 heavy (non-hydrogen) atoms. The van der Waals surface area contributed by atoms with E-state index in [1.54, 1.807) is 6.07 Å². The number of hydrogen-bond donors (Lipinski definition) is 1. The number of fused-ring (bicyclic) bond motifs is 1. The van der Waals surface area contributed by atoms with E-state index in [-0.39, 0.29) is 11.9 Å². The molecule has 1 heterocycles. The topological polar surface area (TPSA) is 21.3 Å². The quantitative estimate of drug-likeness (QED) is 0.860. The van der Waals surface area contributed by atoms with Crippen molar-refractivity contribution in [3.63, 3.8) is 0 Å². The highest BCUT2D eigenvalue weighted by Crippen LogP contribution is 2.40. The van der Waals surface area contributed by atoms with E-state index in [1.165, 1.54) is 6.07 Å². The minimum absolute atomic E-state index is 0.194. The Morgan fingerprint density at radius 3 is 2.90 bits per heavy atom. The van der Waals surface area contributed by atoms with Crippen LogP contribution in [-0.2, 0) is 6.42 Å². The van der Waals surface area contributed by atoms with Gasteiger partial charge < -0.3 is 10.1 Å². The molecule has 0 bridgehead atoms. The lowest BCUT2D eigenvalue weighted by molar-refractivity contribution is 0.351. The SMILES string of the molecule is CNC(c1cccc(F)c1Br)c1cc(Cl)cc2c1OCC2. The van der Waals surface area contributed by atoms with Gasteiger partial charge in [-0.15, -0.1) is 0 Å². The summed E-state index contributed by atoms with van der Waals surface area (Å²) in [6.45, 7) is 0.656. The molecule has 1 aliphatic heterocycles. The highest BCUT2D eigenvalue weighted by molar-refractivity contribution is 9.10.